The molecule has 5 heteroatoms. The van der Waals surface area contributed by atoms with Crippen LogP contribution in [0.25, 0.3) is 10.9 Å². The molecule has 1 aromatic heterocycles. The molecule has 110 valence electrons. The van der Waals surface area contributed by atoms with Gasteiger partial charge in [-0.3, -0.25) is 9.59 Å². The number of ketones is 1. The number of carbonyl (C=O) groups excluding carboxylic acids is 2. The molecule has 0 aliphatic heterocycles. The molecule has 3 aromatic rings. The number of halogens is 1. The van der Waals surface area contributed by atoms with Gasteiger partial charge >= 0.3 is 0 Å². The molecule has 0 radical (unpaired) electrons. The smallest absolute Gasteiger partial charge is 0.299 e. The van der Waals surface area contributed by atoms with Crippen molar-refractivity contribution >= 4 is 28.3 Å². The van der Waals surface area contributed by atoms with Crippen LogP contribution in [-0.4, -0.2) is 23.7 Å². The number of likely N-dealkylation sites (N-methyl/N-ethyl adjacent to an activating group) is 1. The maximum atomic E-state index is 13.2. The SMILES string of the molecule is CN(C(=O)C(=O)c1c[nH]c2cc(F)ccc12)c1ccccc1. The highest BCUT2D eigenvalue weighted by Gasteiger charge is 2.24. The second-order valence-electron chi connectivity index (χ2n) is 4.92. The molecule has 1 N–H and O–H groups in total. The molecule has 0 saturated carbocycles. The van der Waals surface area contributed by atoms with Gasteiger partial charge in [0, 0.05) is 29.8 Å². The summed E-state index contributed by atoms with van der Waals surface area (Å²) in [5.74, 6) is -1.68. The lowest BCUT2D eigenvalue weighted by Crippen LogP contribution is -2.33. The fraction of sp³-hybridized carbons (Fsp3) is 0.0588. The van der Waals surface area contributed by atoms with Gasteiger partial charge in [-0.1, -0.05) is 18.2 Å². The lowest BCUT2D eigenvalue weighted by Gasteiger charge is -2.15. The minimum atomic E-state index is -0.642. The van der Waals surface area contributed by atoms with E-state index in [1.165, 1.54) is 29.3 Å². The number of aromatic nitrogens is 1. The predicted octanol–water partition coefficient (Wildman–Crippen LogP) is 3.15. The van der Waals surface area contributed by atoms with Crippen LogP contribution in [0.1, 0.15) is 10.4 Å². The van der Waals surface area contributed by atoms with Gasteiger partial charge in [-0.25, -0.2) is 4.39 Å². The van der Waals surface area contributed by atoms with Crippen LogP contribution in [0, 0.1) is 5.82 Å². The summed E-state index contributed by atoms with van der Waals surface area (Å²) in [5, 5.41) is 0.529. The van der Waals surface area contributed by atoms with Gasteiger partial charge in [0.2, 0.25) is 0 Å². The Balaban J connectivity index is 1.94. The molecule has 3 rings (SSSR count). The number of anilines is 1. The van der Waals surface area contributed by atoms with Crippen LogP contribution >= 0.6 is 0 Å². The number of Topliss-reactive ketones (excluding diaryl/α,β-unsaturated/α-hetero) is 1. The highest BCUT2D eigenvalue weighted by Crippen LogP contribution is 2.21. The lowest BCUT2D eigenvalue weighted by atomic mass is 10.1. The van der Waals surface area contributed by atoms with Gasteiger partial charge in [0.25, 0.3) is 11.7 Å². The van der Waals surface area contributed by atoms with Crippen LogP contribution in [-0.2, 0) is 4.79 Å². The van der Waals surface area contributed by atoms with Crippen LogP contribution in [0.15, 0.2) is 54.7 Å². The number of benzene rings is 2. The van der Waals surface area contributed by atoms with E-state index in [0.29, 0.717) is 16.6 Å². The minimum Gasteiger partial charge on any atom is -0.360 e. The van der Waals surface area contributed by atoms with Crippen molar-refractivity contribution in [3.63, 3.8) is 0 Å². The normalized spacial score (nSPS) is 10.6. The maximum Gasteiger partial charge on any atom is 0.299 e. The highest BCUT2D eigenvalue weighted by molar-refractivity contribution is 6.48. The third-order valence-electron chi connectivity index (χ3n) is 3.53. The van der Waals surface area contributed by atoms with E-state index in [0.717, 1.165) is 0 Å². The van der Waals surface area contributed by atoms with Gasteiger partial charge in [0.05, 0.1) is 5.56 Å². The van der Waals surface area contributed by atoms with Crippen molar-refractivity contribution in [2.75, 3.05) is 11.9 Å². The van der Waals surface area contributed by atoms with Crippen molar-refractivity contribution in [2.45, 2.75) is 0 Å². The Labute approximate surface area is 126 Å². The average Bonchev–Trinajstić information content (AvgIpc) is 2.96. The van der Waals surface area contributed by atoms with Crippen LogP contribution in [0.4, 0.5) is 10.1 Å². The van der Waals surface area contributed by atoms with E-state index in [-0.39, 0.29) is 5.56 Å². The van der Waals surface area contributed by atoms with E-state index >= 15 is 0 Å². The van der Waals surface area contributed by atoms with Gasteiger partial charge in [-0.2, -0.15) is 0 Å². The summed E-state index contributed by atoms with van der Waals surface area (Å²) in [5.41, 5.74) is 1.35. The first-order valence-corrected chi connectivity index (χ1v) is 6.72. The van der Waals surface area contributed by atoms with Crippen molar-refractivity contribution in [3.8, 4) is 0 Å². The molecule has 1 heterocycles. The van der Waals surface area contributed by atoms with Crippen LogP contribution < -0.4 is 4.90 Å². The van der Waals surface area contributed by atoms with Gasteiger partial charge in [0.1, 0.15) is 5.82 Å². The number of rotatable bonds is 3. The number of aromatic amines is 1. The summed E-state index contributed by atoms with van der Waals surface area (Å²) in [6.45, 7) is 0. The first-order chi connectivity index (χ1) is 10.6. The van der Waals surface area contributed by atoms with Crippen molar-refractivity contribution in [1.29, 1.82) is 0 Å². The molecule has 0 saturated heterocycles. The zero-order valence-electron chi connectivity index (χ0n) is 11.8. The summed E-state index contributed by atoms with van der Waals surface area (Å²) in [6, 6.07) is 12.9. The zero-order valence-corrected chi connectivity index (χ0v) is 11.8. The molecule has 0 spiro atoms. The maximum absolute atomic E-state index is 13.2. The molecule has 0 unspecified atom stereocenters. The number of hydrogen-bond donors (Lipinski definition) is 1. The number of nitrogens with one attached hydrogen (secondary N) is 1. The van der Waals surface area contributed by atoms with Crippen molar-refractivity contribution in [2.24, 2.45) is 0 Å². The van der Waals surface area contributed by atoms with Crippen molar-refractivity contribution in [1.82, 2.24) is 4.98 Å². The Hall–Kier alpha value is -2.95. The number of fused-ring (bicyclic) bond motifs is 1. The van der Waals surface area contributed by atoms with E-state index in [9.17, 15) is 14.0 Å². The number of carbonyl (C=O) groups is 2. The largest absolute Gasteiger partial charge is 0.360 e. The molecule has 0 fully saturated rings. The van der Waals surface area contributed by atoms with E-state index in [1.54, 1.807) is 31.3 Å². The van der Waals surface area contributed by atoms with Gasteiger partial charge in [-0.05, 0) is 30.3 Å². The zero-order chi connectivity index (χ0) is 15.7. The summed E-state index contributed by atoms with van der Waals surface area (Å²) in [7, 11) is 1.55. The highest BCUT2D eigenvalue weighted by atomic mass is 19.1. The number of nitrogens with zero attached hydrogens (tertiary/aromatic N) is 1. The Morgan fingerprint density at radius 1 is 1.09 bits per heavy atom. The Morgan fingerprint density at radius 2 is 1.82 bits per heavy atom. The quantitative estimate of drug-likeness (QED) is 0.596. The van der Waals surface area contributed by atoms with Crippen molar-refractivity contribution < 1.29 is 14.0 Å². The molecule has 4 nitrogen and oxygen atoms in total. The Bertz CT molecular complexity index is 855. The van der Waals surface area contributed by atoms with E-state index < -0.39 is 17.5 Å². The summed E-state index contributed by atoms with van der Waals surface area (Å²) in [4.78, 5) is 28.9. The molecule has 0 atom stereocenters. The molecule has 0 aliphatic rings. The number of amides is 1. The topological polar surface area (TPSA) is 53.2 Å². The molecular weight excluding hydrogens is 283 g/mol. The second-order valence-corrected chi connectivity index (χ2v) is 4.92. The van der Waals surface area contributed by atoms with Crippen LogP contribution in [0.2, 0.25) is 0 Å². The van der Waals surface area contributed by atoms with Crippen LogP contribution in [0.3, 0.4) is 0 Å². The Kier molecular flexibility index (Phi) is 3.47. The van der Waals surface area contributed by atoms with E-state index in [2.05, 4.69) is 4.98 Å². The van der Waals surface area contributed by atoms with E-state index in [1.807, 2.05) is 6.07 Å². The standard InChI is InChI=1S/C17H13FN2O2/c1-20(12-5-3-2-4-6-12)17(22)16(21)14-10-19-15-9-11(18)7-8-13(14)15/h2-10,19H,1H3. The second kappa shape index (κ2) is 5.44. The number of para-hydroxylation sites is 1. The third-order valence-corrected chi connectivity index (χ3v) is 3.53. The Morgan fingerprint density at radius 3 is 2.55 bits per heavy atom. The first-order valence-electron chi connectivity index (χ1n) is 6.72. The summed E-state index contributed by atoms with van der Waals surface area (Å²) >= 11 is 0. The molecule has 22 heavy (non-hydrogen) atoms. The first kappa shape index (κ1) is 14.0. The van der Waals surface area contributed by atoms with Gasteiger partial charge in [0.15, 0.2) is 0 Å². The van der Waals surface area contributed by atoms with Gasteiger partial charge < -0.3 is 9.88 Å². The molecule has 1 amide bonds. The minimum absolute atomic E-state index is 0.239. The summed E-state index contributed by atoms with van der Waals surface area (Å²) < 4.78 is 13.2. The molecular formula is C17H13FN2O2. The summed E-state index contributed by atoms with van der Waals surface area (Å²) in [6.07, 6.45) is 1.43. The predicted molar refractivity (Wildman–Crippen MR) is 82.4 cm³/mol. The van der Waals surface area contributed by atoms with Crippen molar-refractivity contribution in [3.05, 3.63) is 66.1 Å². The third kappa shape index (κ3) is 2.37. The fourth-order valence-corrected chi connectivity index (χ4v) is 2.32. The lowest BCUT2D eigenvalue weighted by molar-refractivity contribution is -0.114. The number of hydrogen-bond acceptors (Lipinski definition) is 2. The molecule has 0 bridgehead atoms. The average molecular weight is 296 g/mol. The fourth-order valence-electron chi connectivity index (χ4n) is 2.32. The number of H-pyrrole nitrogens is 1. The van der Waals surface area contributed by atoms with E-state index in [4.69, 9.17) is 0 Å². The van der Waals surface area contributed by atoms with Gasteiger partial charge in [-0.15, -0.1) is 0 Å². The molecule has 0 aliphatic carbocycles. The van der Waals surface area contributed by atoms with Crippen LogP contribution in [0.5, 0.6) is 0 Å². The molecule has 2 aromatic carbocycles. The monoisotopic (exact) mass is 296 g/mol.